The molecule has 0 fully saturated rings. The van der Waals surface area contributed by atoms with E-state index in [9.17, 15) is 4.79 Å². The monoisotopic (exact) mass is 192 g/mol. The van der Waals surface area contributed by atoms with Crippen LogP contribution in [0.5, 0.6) is 0 Å². The van der Waals surface area contributed by atoms with Crippen LogP contribution in [0.2, 0.25) is 0 Å². The quantitative estimate of drug-likeness (QED) is 0.380. The van der Waals surface area contributed by atoms with Crippen LogP contribution in [0.25, 0.3) is 0 Å². The number of halogens is 1. The van der Waals surface area contributed by atoms with E-state index in [2.05, 4.69) is 11.8 Å². The Hall–Kier alpha value is -1.26. The van der Waals surface area contributed by atoms with Crippen molar-refractivity contribution in [3.8, 4) is 11.8 Å². The van der Waals surface area contributed by atoms with Crippen molar-refractivity contribution in [2.75, 3.05) is 5.88 Å². The summed E-state index contributed by atoms with van der Waals surface area (Å²) in [5, 5.41) is 0. The largest absolute Gasteiger partial charge is 0.295 e. The molecule has 0 aliphatic rings. The van der Waals surface area contributed by atoms with Gasteiger partial charge in [0.25, 0.3) is 0 Å². The van der Waals surface area contributed by atoms with Crippen molar-refractivity contribution >= 4 is 17.4 Å². The topological polar surface area (TPSA) is 17.1 Å². The van der Waals surface area contributed by atoms with E-state index >= 15 is 0 Å². The minimum Gasteiger partial charge on any atom is -0.295 e. The molecule has 0 aromatic heterocycles. The molecule has 0 aliphatic heterocycles. The summed E-state index contributed by atoms with van der Waals surface area (Å²) in [6.45, 7) is 1.54. The highest BCUT2D eigenvalue weighted by molar-refractivity contribution is 6.19. The summed E-state index contributed by atoms with van der Waals surface area (Å²) in [6.07, 6.45) is 0. The number of carbonyl (C=O) groups excluding carboxylic acids is 1. The Kier molecular flexibility index (Phi) is 3.54. The van der Waals surface area contributed by atoms with E-state index in [1.807, 2.05) is 12.1 Å². The Morgan fingerprint density at radius 3 is 2.92 bits per heavy atom. The molecular weight excluding hydrogens is 184 g/mol. The molecule has 0 unspecified atom stereocenters. The number of benzene rings is 1. The molecule has 1 nitrogen and oxygen atoms in total. The molecule has 0 saturated heterocycles. The maximum absolute atomic E-state index is 11.0. The molecule has 1 aromatic carbocycles. The lowest BCUT2D eigenvalue weighted by molar-refractivity contribution is 0.101. The molecule has 0 aliphatic carbocycles. The zero-order valence-electron chi connectivity index (χ0n) is 7.30. The molecule has 0 amide bonds. The lowest BCUT2D eigenvalue weighted by Crippen LogP contribution is -1.91. The summed E-state index contributed by atoms with van der Waals surface area (Å²) in [4.78, 5) is 11.0. The molecule has 2 heteroatoms. The summed E-state index contributed by atoms with van der Waals surface area (Å²) in [6, 6.07) is 7.21. The fourth-order valence-electron chi connectivity index (χ4n) is 0.951. The maximum atomic E-state index is 11.0. The number of Topliss-reactive ketones (excluding diaryl/α,β-unsaturated/α-hetero) is 1. The third-order valence-electron chi connectivity index (χ3n) is 1.57. The first-order valence-electron chi connectivity index (χ1n) is 3.90. The van der Waals surface area contributed by atoms with E-state index in [-0.39, 0.29) is 5.78 Å². The van der Waals surface area contributed by atoms with Crippen LogP contribution in [0.4, 0.5) is 0 Å². The van der Waals surface area contributed by atoms with Crippen molar-refractivity contribution in [1.29, 1.82) is 0 Å². The van der Waals surface area contributed by atoms with Gasteiger partial charge < -0.3 is 0 Å². The van der Waals surface area contributed by atoms with E-state index in [4.69, 9.17) is 11.6 Å². The van der Waals surface area contributed by atoms with Gasteiger partial charge in [-0.25, -0.2) is 0 Å². The normalized spacial score (nSPS) is 8.77. The van der Waals surface area contributed by atoms with E-state index < -0.39 is 0 Å². The Bertz CT molecular complexity index is 371. The highest BCUT2D eigenvalue weighted by Crippen LogP contribution is 2.04. The van der Waals surface area contributed by atoms with E-state index in [0.717, 1.165) is 5.56 Å². The molecular formula is C11H9ClO. The fourth-order valence-corrected chi connectivity index (χ4v) is 1.02. The van der Waals surface area contributed by atoms with Crippen LogP contribution in [0.3, 0.4) is 0 Å². The maximum Gasteiger partial charge on any atom is 0.159 e. The standard InChI is InChI=1S/C11H9ClO/c1-9(13)11-6-2-4-10(8-11)5-3-7-12/h2,4,6,8H,7H2,1H3. The van der Waals surface area contributed by atoms with Crippen LogP contribution < -0.4 is 0 Å². The third-order valence-corrected chi connectivity index (χ3v) is 1.70. The number of hydrogen-bond donors (Lipinski definition) is 0. The number of hydrogen-bond acceptors (Lipinski definition) is 1. The number of carbonyl (C=O) groups is 1. The molecule has 0 radical (unpaired) electrons. The molecule has 0 bridgehead atoms. The minimum absolute atomic E-state index is 0.0505. The summed E-state index contributed by atoms with van der Waals surface area (Å²) in [5.41, 5.74) is 1.51. The minimum atomic E-state index is 0.0505. The van der Waals surface area contributed by atoms with Gasteiger partial charge in [0.15, 0.2) is 5.78 Å². The lowest BCUT2D eigenvalue weighted by Gasteiger charge is -1.94. The smallest absolute Gasteiger partial charge is 0.159 e. The van der Waals surface area contributed by atoms with Crippen molar-refractivity contribution in [2.45, 2.75) is 6.92 Å². The van der Waals surface area contributed by atoms with Gasteiger partial charge in [0.1, 0.15) is 0 Å². The third kappa shape index (κ3) is 2.93. The van der Waals surface area contributed by atoms with Gasteiger partial charge in [0.05, 0.1) is 5.88 Å². The van der Waals surface area contributed by atoms with Gasteiger partial charge in [-0.15, -0.1) is 11.6 Å². The zero-order chi connectivity index (χ0) is 9.68. The zero-order valence-corrected chi connectivity index (χ0v) is 8.06. The average Bonchev–Trinajstić information content (AvgIpc) is 2.15. The van der Waals surface area contributed by atoms with Gasteiger partial charge in [-0.05, 0) is 19.1 Å². The van der Waals surface area contributed by atoms with Crippen LogP contribution in [0.15, 0.2) is 24.3 Å². The van der Waals surface area contributed by atoms with Gasteiger partial charge in [-0.2, -0.15) is 0 Å². The summed E-state index contributed by atoms with van der Waals surface area (Å²) in [5.74, 6) is 5.95. The SMILES string of the molecule is CC(=O)c1cccc(C#CCCl)c1. The Morgan fingerprint density at radius 1 is 1.54 bits per heavy atom. The predicted molar refractivity (Wildman–Crippen MR) is 54.0 cm³/mol. The molecule has 0 heterocycles. The lowest BCUT2D eigenvalue weighted by atomic mass is 10.1. The summed E-state index contributed by atoms with van der Waals surface area (Å²) < 4.78 is 0. The van der Waals surface area contributed by atoms with E-state index in [1.165, 1.54) is 6.92 Å². The first kappa shape index (κ1) is 9.83. The first-order valence-corrected chi connectivity index (χ1v) is 4.43. The van der Waals surface area contributed by atoms with E-state index in [1.54, 1.807) is 12.1 Å². The second kappa shape index (κ2) is 4.69. The summed E-state index contributed by atoms with van der Waals surface area (Å²) >= 11 is 5.41. The van der Waals surface area contributed by atoms with Crippen molar-refractivity contribution in [3.63, 3.8) is 0 Å². The van der Waals surface area contributed by atoms with Gasteiger partial charge in [0, 0.05) is 11.1 Å². The van der Waals surface area contributed by atoms with Crippen molar-refractivity contribution < 1.29 is 4.79 Å². The second-order valence-electron chi connectivity index (χ2n) is 2.57. The van der Waals surface area contributed by atoms with Crippen LogP contribution in [-0.2, 0) is 0 Å². The van der Waals surface area contributed by atoms with Gasteiger partial charge in [0.2, 0.25) is 0 Å². The second-order valence-corrected chi connectivity index (χ2v) is 2.84. The fraction of sp³-hybridized carbons (Fsp3) is 0.182. The van der Waals surface area contributed by atoms with Crippen molar-refractivity contribution in [1.82, 2.24) is 0 Å². The predicted octanol–water partition coefficient (Wildman–Crippen LogP) is 2.48. The molecule has 0 atom stereocenters. The van der Waals surface area contributed by atoms with Crippen LogP contribution in [0, 0.1) is 11.8 Å². The molecule has 13 heavy (non-hydrogen) atoms. The molecule has 1 rings (SSSR count). The van der Waals surface area contributed by atoms with Crippen LogP contribution in [0.1, 0.15) is 22.8 Å². The number of ketones is 1. The highest BCUT2D eigenvalue weighted by Gasteiger charge is 1.97. The molecule has 66 valence electrons. The molecule has 0 spiro atoms. The average molecular weight is 193 g/mol. The van der Waals surface area contributed by atoms with E-state index in [0.29, 0.717) is 11.4 Å². The van der Waals surface area contributed by atoms with Crippen LogP contribution >= 0.6 is 11.6 Å². The van der Waals surface area contributed by atoms with Gasteiger partial charge in [-0.3, -0.25) is 4.79 Å². The van der Waals surface area contributed by atoms with Gasteiger partial charge >= 0.3 is 0 Å². The number of alkyl halides is 1. The van der Waals surface area contributed by atoms with Crippen molar-refractivity contribution in [3.05, 3.63) is 35.4 Å². The molecule has 1 aromatic rings. The van der Waals surface area contributed by atoms with Gasteiger partial charge in [-0.1, -0.05) is 24.0 Å². The Labute approximate surface area is 82.7 Å². The first-order chi connectivity index (χ1) is 6.24. The Morgan fingerprint density at radius 2 is 2.31 bits per heavy atom. The highest BCUT2D eigenvalue weighted by atomic mass is 35.5. The summed E-state index contributed by atoms with van der Waals surface area (Å²) in [7, 11) is 0. The van der Waals surface area contributed by atoms with Crippen LogP contribution in [-0.4, -0.2) is 11.7 Å². The van der Waals surface area contributed by atoms with Crippen molar-refractivity contribution in [2.24, 2.45) is 0 Å². The Balaban J connectivity index is 2.98. The molecule has 0 saturated carbocycles. The number of rotatable bonds is 1. The molecule has 0 N–H and O–H groups in total.